The topological polar surface area (TPSA) is 20.2 Å². The molecule has 5 aliphatic carbocycles. The van der Waals surface area contributed by atoms with Gasteiger partial charge < -0.3 is 5.11 Å². The number of fused-ring (bicyclic) bond motifs is 2. The van der Waals surface area contributed by atoms with Crippen molar-refractivity contribution >= 4 is 0 Å². The van der Waals surface area contributed by atoms with Gasteiger partial charge in [-0.3, -0.25) is 0 Å². The Hall–Kier alpha value is -0.300. The van der Waals surface area contributed by atoms with Gasteiger partial charge in [0.25, 0.3) is 0 Å². The molecular weight excluding hydrogens is 376 g/mol. The van der Waals surface area contributed by atoms with Crippen molar-refractivity contribution < 1.29 is 5.11 Å². The first-order valence-electron chi connectivity index (χ1n) is 13.9. The average Bonchev–Trinajstić information content (AvgIpc) is 3.31. The van der Waals surface area contributed by atoms with E-state index in [9.17, 15) is 5.11 Å². The molecule has 0 amide bonds. The molecule has 5 aliphatic rings. The van der Waals surface area contributed by atoms with Gasteiger partial charge in [0, 0.05) is 0 Å². The van der Waals surface area contributed by atoms with E-state index in [-0.39, 0.29) is 6.10 Å². The van der Waals surface area contributed by atoms with Gasteiger partial charge in [0.15, 0.2) is 0 Å². The summed E-state index contributed by atoms with van der Waals surface area (Å²) in [7, 11) is 0. The number of aliphatic hydroxyl groups is 1. The number of rotatable bonds is 5. The Morgan fingerprint density at radius 2 is 1.68 bits per heavy atom. The minimum atomic E-state index is -0.0401. The summed E-state index contributed by atoms with van der Waals surface area (Å²) in [4.78, 5) is 0. The molecule has 1 heteroatoms. The van der Waals surface area contributed by atoms with Gasteiger partial charge in [-0.1, -0.05) is 53.7 Å². The summed E-state index contributed by atoms with van der Waals surface area (Å²) in [6.45, 7) is 19.7. The normalized spacial score (nSPS) is 53.9. The van der Waals surface area contributed by atoms with Crippen LogP contribution in [0.5, 0.6) is 0 Å². The number of aliphatic hydroxyl groups excluding tert-OH is 1. The van der Waals surface area contributed by atoms with Crippen LogP contribution in [0.1, 0.15) is 112 Å². The van der Waals surface area contributed by atoms with Crippen molar-refractivity contribution in [2.24, 2.45) is 57.2 Å². The third-order valence-corrected chi connectivity index (χ3v) is 13.2. The van der Waals surface area contributed by atoms with Gasteiger partial charge >= 0.3 is 0 Å². The van der Waals surface area contributed by atoms with E-state index < -0.39 is 0 Å². The third kappa shape index (κ3) is 2.77. The first kappa shape index (κ1) is 22.5. The quantitative estimate of drug-likeness (QED) is 0.441. The molecule has 0 aliphatic heterocycles. The minimum absolute atomic E-state index is 0.0401. The van der Waals surface area contributed by atoms with Gasteiger partial charge in [0.2, 0.25) is 0 Å². The summed E-state index contributed by atoms with van der Waals surface area (Å²) in [5.41, 5.74) is 3.76. The van der Waals surface area contributed by atoms with Crippen LogP contribution < -0.4 is 0 Å². The van der Waals surface area contributed by atoms with E-state index in [0.717, 1.165) is 36.0 Å². The summed E-state index contributed by atoms with van der Waals surface area (Å²) < 4.78 is 0. The molecule has 10 atom stereocenters. The zero-order valence-corrected chi connectivity index (χ0v) is 21.5. The van der Waals surface area contributed by atoms with Crippen LogP contribution in [0, 0.1) is 57.2 Å². The van der Waals surface area contributed by atoms with Gasteiger partial charge in [-0.2, -0.15) is 0 Å². The standard InChI is InChI=1S/C30H50O/c1-19(2)20(3)8-9-21(4)23-12-14-28(7)26-11-10-24-22(5)25(31)13-15-29(24)18-30(26,29)17-16-27(23,28)6/h19-20,22-26,31H,4,8-18H2,1-3,5-7H3/t20?,22-,23+,24-,25-,26-,27+,28-,29+,30-/m0/s1. The van der Waals surface area contributed by atoms with Crippen LogP contribution in [0.15, 0.2) is 12.2 Å². The molecular formula is C30H50O. The smallest absolute Gasteiger partial charge is 0.0568 e. The molecule has 31 heavy (non-hydrogen) atoms. The Bertz CT molecular complexity index is 739. The lowest BCUT2D eigenvalue weighted by molar-refractivity contribution is -0.136. The van der Waals surface area contributed by atoms with Crippen LogP contribution in [0.3, 0.4) is 0 Å². The molecule has 0 saturated heterocycles. The zero-order chi connectivity index (χ0) is 22.4. The molecule has 5 rings (SSSR count). The van der Waals surface area contributed by atoms with Crippen molar-refractivity contribution in [1.82, 2.24) is 0 Å². The molecule has 1 unspecified atom stereocenters. The highest BCUT2D eigenvalue weighted by atomic mass is 16.3. The van der Waals surface area contributed by atoms with Crippen LogP contribution in [0.25, 0.3) is 0 Å². The van der Waals surface area contributed by atoms with Gasteiger partial charge in [-0.25, -0.2) is 0 Å². The maximum absolute atomic E-state index is 10.6. The van der Waals surface area contributed by atoms with Crippen LogP contribution >= 0.6 is 0 Å². The molecule has 0 aromatic rings. The maximum atomic E-state index is 10.6. The molecule has 1 nitrogen and oxygen atoms in total. The molecule has 5 saturated carbocycles. The molecule has 176 valence electrons. The predicted molar refractivity (Wildman–Crippen MR) is 131 cm³/mol. The fraction of sp³-hybridized carbons (Fsp3) is 0.933. The second-order valence-corrected chi connectivity index (χ2v) is 14.0. The minimum Gasteiger partial charge on any atom is -0.393 e. The Balaban J connectivity index is 1.37. The van der Waals surface area contributed by atoms with Crippen molar-refractivity contribution in [2.45, 2.75) is 118 Å². The number of hydrogen-bond acceptors (Lipinski definition) is 1. The van der Waals surface area contributed by atoms with Crippen LogP contribution in [0.4, 0.5) is 0 Å². The van der Waals surface area contributed by atoms with E-state index in [1.54, 1.807) is 5.57 Å². The number of allylic oxidation sites excluding steroid dienone is 1. The van der Waals surface area contributed by atoms with Crippen molar-refractivity contribution in [2.75, 3.05) is 0 Å². The fourth-order valence-corrected chi connectivity index (χ4v) is 10.6. The molecule has 0 bridgehead atoms. The first-order chi connectivity index (χ1) is 14.5. The van der Waals surface area contributed by atoms with Crippen LogP contribution in [0.2, 0.25) is 0 Å². The lowest BCUT2D eigenvalue weighted by atomic mass is 9.43. The lowest BCUT2D eigenvalue weighted by Gasteiger charge is -2.62. The Morgan fingerprint density at radius 3 is 2.39 bits per heavy atom. The van der Waals surface area contributed by atoms with E-state index in [4.69, 9.17) is 6.58 Å². The molecule has 0 aromatic carbocycles. The molecule has 2 spiro atoms. The highest BCUT2D eigenvalue weighted by Gasteiger charge is 2.81. The van der Waals surface area contributed by atoms with E-state index >= 15 is 0 Å². The predicted octanol–water partition coefficient (Wildman–Crippen LogP) is 8.02. The first-order valence-corrected chi connectivity index (χ1v) is 13.9. The van der Waals surface area contributed by atoms with Gasteiger partial charge in [-0.05, 0) is 128 Å². The van der Waals surface area contributed by atoms with E-state index in [0.29, 0.717) is 27.6 Å². The van der Waals surface area contributed by atoms with Gasteiger partial charge in [0.1, 0.15) is 0 Å². The second-order valence-electron chi connectivity index (χ2n) is 14.0. The monoisotopic (exact) mass is 426 g/mol. The zero-order valence-electron chi connectivity index (χ0n) is 21.5. The highest BCUT2D eigenvalue weighted by molar-refractivity contribution is 5.31. The van der Waals surface area contributed by atoms with Crippen molar-refractivity contribution in [3.63, 3.8) is 0 Å². The molecule has 5 fully saturated rings. The summed E-state index contributed by atoms with van der Waals surface area (Å²) in [5.74, 6) is 4.57. The summed E-state index contributed by atoms with van der Waals surface area (Å²) in [6.07, 6.45) is 14.9. The van der Waals surface area contributed by atoms with Gasteiger partial charge in [-0.15, -0.1) is 0 Å². The van der Waals surface area contributed by atoms with E-state index in [2.05, 4.69) is 41.5 Å². The summed E-state index contributed by atoms with van der Waals surface area (Å²) in [6, 6.07) is 0. The van der Waals surface area contributed by atoms with Crippen molar-refractivity contribution in [1.29, 1.82) is 0 Å². The summed E-state index contributed by atoms with van der Waals surface area (Å²) >= 11 is 0. The van der Waals surface area contributed by atoms with Crippen molar-refractivity contribution in [3.8, 4) is 0 Å². The van der Waals surface area contributed by atoms with Crippen molar-refractivity contribution in [3.05, 3.63) is 12.2 Å². The molecule has 0 radical (unpaired) electrons. The Morgan fingerprint density at radius 1 is 0.935 bits per heavy atom. The highest BCUT2D eigenvalue weighted by Crippen LogP contribution is 2.88. The third-order valence-electron chi connectivity index (χ3n) is 13.2. The van der Waals surface area contributed by atoms with E-state index in [1.807, 2.05) is 0 Å². The molecule has 0 heterocycles. The largest absolute Gasteiger partial charge is 0.393 e. The van der Waals surface area contributed by atoms with Crippen LogP contribution in [-0.2, 0) is 0 Å². The van der Waals surface area contributed by atoms with E-state index in [1.165, 1.54) is 64.2 Å². The lowest BCUT2D eigenvalue weighted by Crippen LogP contribution is -2.55. The second kappa shape index (κ2) is 7.10. The SMILES string of the molecule is C=C(CCC(C)C(C)C)[C@H]1CC[C@@]2(C)[C@@H]3CC[C@H]4[C@H](C)[C@@H](O)CC[C@@]45C[C@@]35CC[C@]12C. The maximum Gasteiger partial charge on any atom is 0.0568 e. The summed E-state index contributed by atoms with van der Waals surface area (Å²) in [5, 5.41) is 10.6. The Kier molecular flexibility index (Phi) is 5.15. The Labute approximate surface area is 192 Å². The van der Waals surface area contributed by atoms with Crippen LogP contribution in [-0.4, -0.2) is 11.2 Å². The molecule has 1 N–H and O–H groups in total. The number of hydrogen-bond donors (Lipinski definition) is 1. The molecule has 0 aromatic heterocycles. The fourth-order valence-electron chi connectivity index (χ4n) is 10.6. The average molecular weight is 427 g/mol. The van der Waals surface area contributed by atoms with Gasteiger partial charge in [0.05, 0.1) is 6.10 Å².